The largest absolute Gasteiger partial charge is 0.454 e. The molecule has 0 unspecified atom stereocenters. The molecule has 1 amide bonds. The van der Waals surface area contributed by atoms with E-state index in [1.807, 2.05) is 42.5 Å². The summed E-state index contributed by atoms with van der Waals surface area (Å²) in [6.45, 7) is 2.72. The molecule has 3 aromatic rings. The van der Waals surface area contributed by atoms with Gasteiger partial charge in [-0.2, -0.15) is 4.80 Å². The van der Waals surface area contributed by atoms with Crippen LogP contribution in [0.1, 0.15) is 18.1 Å². The molecule has 2 heterocycles. The minimum Gasteiger partial charge on any atom is -0.454 e. The Morgan fingerprint density at radius 2 is 1.89 bits per heavy atom. The summed E-state index contributed by atoms with van der Waals surface area (Å²) in [5, 5.41) is 15.1. The standard InChI is InChI=1S/C19H19N5O3/c1-2-13-3-6-15(7-4-13)19-21-23-24(22-19)11-18(25)20-10-14-5-8-16-17(9-14)27-12-26-16/h3-9H,2,10-12H2,1H3,(H,20,25). The highest BCUT2D eigenvalue weighted by Gasteiger charge is 2.14. The predicted octanol–water partition coefficient (Wildman–Crippen LogP) is 1.95. The molecule has 0 fully saturated rings. The molecule has 1 aliphatic heterocycles. The average molecular weight is 365 g/mol. The van der Waals surface area contributed by atoms with Gasteiger partial charge >= 0.3 is 0 Å². The molecule has 8 nitrogen and oxygen atoms in total. The van der Waals surface area contributed by atoms with E-state index in [1.54, 1.807) is 0 Å². The zero-order valence-electron chi connectivity index (χ0n) is 14.9. The first-order chi connectivity index (χ1) is 13.2. The van der Waals surface area contributed by atoms with Crippen molar-refractivity contribution in [2.45, 2.75) is 26.4 Å². The lowest BCUT2D eigenvalue weighted by Crippen LogP contribution is -2.28. The third-order valence-corrected chi connectivity index (χ3v) is 4.28. The molecule has 0 radical (unpaired) electrons. The molecule has 0 saturated carbocycles. The van der Waals surface area contributed by atoms with Gasteiger partial charge in [0, 0.05) is 12.1 Å². The number of ether oxygens (including phenoxy) is 2. The Kier molecular flexibility index (Phi) is 4.69. The fourth-order valence-corrected chi connectivity index (χ4v) is 2.75. The van der Waals surface area contributed by atoms with Crippen LogP contribution in [0.25, 0.3) is 11.4 Å². The fraction of sp³-hybridized carbons (Fsp3) is 0.263. The van der Waals surface area contributed by atoms with Crippen LogP contribution in [0.5, 0.6) is 11.5 Å². The third kappa shape index (κ3) is 3.89. The number of amides is 1. The van der Waals surface area contributed by atoms with E-state index in [-0.39, 0.29) is 19.2 Å². The number of carbonyl (C=O) groups is 1. The van der Waals surface area contributed by atoms with Gasteiger partial charge in [0.1, 0.15) is 6.54 Å². The first kappa shape index (κ1) is 17.0. The van der Waals surface area contributed by atoms with Gasteiger partial charge in [0.15, 0.2) is 11.5 Å². The average Bonchev–Trinajstić information content (AvgIpc) is 3.35. The third-order valence-electron chi connectivity index (χ3n) is 4.28. The lowest BCUT2D eigenvalue weighted by molar-refractivity contribution is -0.122. The van der Waals surface area contributed by atoms with Crippen molar-refractivity contribution >= 4 is 5.91 Å². The maximum Gasteiger partial charge on any atom is 0.243 e. The topological polar surface area (TPSA) is 91.2 Å². The van der Waals surface area contributed by atoms with Gasteiger partial charge in [0.05, 0.1) is 0 Å². The van der Waals surface area contributed by atoms with E-state index in [0.717, 1.165) is 23.3 Å². The molecule has 4 rings (SSSR count). The molecular formula is C19H19N5O3. The van der Waals surface area contributed by atoms with Gasteiger partial charge in [-0.3, -0.25) is 4.79 Å². The zero-order chi connectivity index (χ0) is 18.6. The lowest BCUT2D eigenvalue weighted by Gasteiger charge is -2.05. The summed E-state index contributed by atoms with van der Waals surface area (Å²) in [4.78, 5) is 13.4. The van der Waals surface area contributed by atoms with Crippen molar-refractivity contribution in [1.29, 1.82) is 0 Å². The second kappa shape index (κ2) is 7.45. The Labute approximate surface area is 156 Å². The van der Waals surface area contributed by atoms with Crippen LogP contribution in [-0.4, -0.2) is 32.9 Å². The zero-order valence-corrected chi connectivity index (χ0v) is 14.9. The van der Waals surface area contributed by atoms with Crippen LogP contribution < -0.4 is 14.8 Å². The van der Waals surface area contributed by atoms with Gasteiger partial charge < -0.3 is 14.8 Å². The van der Waals surface area contributed by atoms with E-state index in [2.05, 4.69) is 27.7 Å². The van der Waals surface area contributed by atoms with Crippen LogP contribution in [0.2, 0.25) is 0 Å². The molecule has 0 atom stereocenters. The molecule has 2 aromatic carbocycles. The van der Waals surface area contributed by atoms with Crippen LogP contribution >= 0.6 is 0 Å². The lowest BCUT2D eigenvalue weighted by atomic mass is 10.1. The van der Waals surface area contributed by atoms with Crippen LogP contribution in [0.4, 0.5) is 0 Å². The number of tetrazole rings is 1. The van der Waals surface area contributed by atoms with Crippen LogP contribution in [0.3, 0.4) is 0 Å². The minimum absolute atomic E-state index is 0.00456. The molecule has 1 aromatic heterocycles. The number of benzene rings is 2. The van der Waals surface area contributed by atoms with Crippen molar-refractivity contribution in [2.24, 2.45) is 0 Å². The van der Waals surface area contributed by atoms with Crippen molar-refractivity contribution in [1.82, 2.24) is 25.5 Å². The molecule has 0 saturated heterocycles. The molecular weight excluding hydrogens is 346 g/mol. The Morgan fingerprint density at radius 1 is 1.11 bits per heavy atom. The monoisotopic (exact) mass is 365 g/mol. The predicted molar refractivity (Wildman–Crippen MR) is 97.0 cm³/mol. The first-order valence-electron chi connectivity index (χ1n) is 8.73. The molecule has 0 spiro atoms. The highest BCUT2D eigenvalue weighted by Crippen LogP contribution is 2.32. The SMILES string of the molecule is CCc1ccc(-c2nnn(CC(=O)NCc3ccc4c(c3)OCO4)n2)cc1. The highest BCUT2D eigenvalue weighted by atomic mass is 16.7. The number of fused-ring (bicyclic) bond motifs is 1. The molecule has 138 valence electrons. The Balaban J connectivity index is 1.33. The quantitative estimate of drug-likeness (QED) is 0.718. The summed E-state index contributed by atoms with van der Waals surface area (Å²) < 4.78 is 10.6. The van der Waals surface area contributed by atoms with Gasteiger partial charge in [-0.15, -0.1) is 10.2 Å². The molecule has 1 N–H and O–H groups in total. The van der Waals surface area contributed by atoms with Gasteiger partial charge in [-0.05, 0) is 34.9 Å². The number of aryl methyl sites for hydroxylation is 1. The van der Waals surface area contributed by atoms with Crippen molar-refractivity contribution in [3.05, 3.63) is 53.6 Å². The Morgan fingerprint density at radius 3 is 2.70 bits per heavy atom. The summed E-state index contributed by atoms with van der Waals surface area (Å²) in [7, 11) is 0. The number of carbonyl (C=O) groups excluding carboxylic acids is 1. The molecule has 1 aliphatic rings. The van der Waals surface area contributed by atoms with Gasteiger partial charge in [-0.1, -0.05) is 37.3 Å². The molecule has 0 bridgehead atoms. The van der Waals surface area contributed by atoms with Crippen molar-refractivity contribution in [3.8, 4) is 22.9 Å². The second-order valence-electron chi connectivity index (χ2n) is 6.16. The second-order valence-corrected chi connectivity index (χ2v) is 6.16. The maximum absolute atomic E-state index is 12.2. The summed E-state index contributed by atoms with van der Waals surface area (Å²) in [5.74, 6) is 1.72. The van der Waals surface area contributed by atoms with E-state index in [9.17, 15) is 4.79 Å². The number of hydrogen-bond donors (Lipinski definition) is 1. The van der Waals surface area contributed by atoms with E-state index in [0.29, 0.717) is 18.1 Å². The van der Waals surface area contributed by atoms with Gasteiger partial charge in [-0.25, -0.2) is 0 Å². The highest BCUT2D eigenvalue weighted by molar-refractivity contribution is 5.75. The number of nitrogens with zero attached hydrogens (tertiary/aromatic N) is 4. The van der Waals surface area contributed by atoms with Crippen LogP contribution in [-0.2, 0) is 24.3 Å². The smallest absolute Gasteiger partial charge is 0.243 e. The Bertz CT molecular complexity index is 952. The minimum atomic E-state index is -0.196. The summed E-state index contributed by atoms with van der Waals surface area (Å²) in [6.07, 6.45) is 0.976. The number of hydrogen-bond acceptors (Lipinski definition) is 6. The van der Waals surface area contributed by atoms with Crippen molar-refractivity contribution in [3.63, 3.8) is 0 Å². The first-order valence-corrected chi connectivity index (χ1v) is 8.73. The van der Waals surface area contributed by atoms with Crippen LogP contribution in [0.15, 0.2) is 42.5 Å². The number of nitrogens with one attached hydrogen (secondary N) is 1. The fourth-order valence-electron chi connectivity index (χ4n) is 2.75. The molecule has 27 heavy (non-hydrogen) atoms. The van der Waals surface area contributed by atoms with Crippen LogP contribution in [0, 0.1) is 0 Å². The van der Waals surface area contributed by atoms with Crippen molar-refractivity contribution < 1.29 is 14.3 Å². The van der Waals surface area contributed by atoms with Gasteiger partial charge in [0.25, 0.3) is 0 Å². The Hall–Kier alpha value is -3.42. The number of rotatable bonds is 6. The maximum atomic E-state index is 12.2. The summed E-state index contributed by atoms with van der Waals surface area (Å²) in [6, 6.07) is 13.6. The molecule has 0 aliphatic carbocycles. The van der Waals surface area contributed by atoms with Crippen molar-refractivity contribution in [2.75, 3.05) is 6.79 Å². The van der Waals surface area contributed by atoms with E-state index >= 15 is 0 Å². The van der Waals surface area contributed by atoms with E-state index in [1.165, 1.54) is 10.4 Å². The summed E-state index contributed by atoms with van der Waals surface area (Å²) >= 11 is 0. The normalized spacial score (nSPS) is 12.2. The van der Waals surface area contributed by atoms with Gasteiger partial charge in [0.2, 0.25) is 18.5 Å². The molecule has 8 heteroatoms. The summed E-state index contributed by atoms with van der Waals surface area (Å²) in [5.41, 5.74) is 3.05. The van der Waals surface area contributed by atoms with E-state index < -0.39 is 0 Å². The van der Waals surface area contributed by atoms with E-state index in [4.69, 9.17) is 9.47 Å². The number of aromatic nitrogens is 4.